The maximum absolute atomic E-state index is 11.5. The fourth-order valence-electron chi connectivity index (χ4n) is 1.92. The van der Waals surface area contributed by atoms with Crippen LogP contribution in [0.2, 0.25) is 0 Å². The number of hydrogen-bond donors (Lipinski definition) is 2. The molecule has 0 radical (unpaired) electrons. The average Bonchev–Trinajstić information content (AvgIpc) is 2.38. The highest BCUT2D eigenvalue weighted by Gasteiger charge is 2.13. The summed E-state index contributed by atoms with van der Waals surface area (Å²) in [7, 11) is 5.61. The number of anilines is 1. The van der Waals surface area contributed by atoms with Crippen molar-refractivity contribution in [2.24, 2.45) is 5.92 Å². The number of carbonyl (C=O) groups is 1. The van der Waals surface area contributed by atoms with Gasteiger partial charge in [0.2, 0.25) is 5.91 Å². The van der Waals surface area contributed by atoms with Gasteiger partial charge in [0.05, 0.1) is 5.92 Å². The molecular weight excluding hydrogens is 226 g/mol. The van der Waals surface area contributed by atoms with E-state index in [0.717, 1.165) is 12.2 Å². The van der Waals surface area contributed by atoms with Crippen LogP contribution in [0.15, 0.2) is 24.3 Å². The number of carbonyl (C=O) groups excluding carboxylic acids is 1. The second-order valence-electron chi connectivity index (χ2n) is 4.59. The van der Waals surface area contributed by atoms with Gasteiger partial charge in [-0.3, -0.25) is 4.79 Å². The molecule has 1 amide bonds. The second kappa shape index (κ2) is 7.01. The van der Waals surface area contributed by atoms with Crippen molar-refractivity contribution in [1.82, 2.24) is 10.6 Å². The molecule has 0 aliphatic rings. The zero-order chi connectivity index (χ0) is 13.5. The lowest BCUT2D eigenvalue weighted by Gasteiger charge is -2.22. The van der Waals surface area contributed by atoms with Crippen molar-refractivity contribution in [2.45, 2.75) is 13.5 Å². The van der Waals surface area contributed by atoms with Crippen LogP contribution < -0.4 is 15.5 Å². The van der Waals surface area contributed by atoms with E-state index in [1.165, 1.54) is 5.56 Å². The normalized spacial score (nSPS) is 12.0. The van der Waals surface area contributed by atoms with Gasteiger partial charge in [0.15, 0.2) is 0 Å². The van der Waals surface area contributed by atoms with E-state index in [9.17, 15) is 4.79 Å². The molecule has 1 atom stereocenters. The van der Waals surface area contributed by atoms with Gasteiger partial charge in [-0.15, -0.1) is 0 Å². The highest BCUT2D eigenvalue weighted by molar-refractivity contribution is 5.78. The van der Waals surface area contributed by atoms with Gasteiger partial charge in [0, 0.05) is 32.9 Å². The minimum Gasteiger partial charge on any atom is -0.374 e. The molecule has 4 nitrogen and oxygen atoms in total. The van der Waals surface area contributed by atoms with E-state index in [1.807, 2.05) is 21.0 Å². The molecule has 0 aliphatic heterocycles. The average molecular weight is 249 g/mol. The summed E-state index contributed by atoms with van der Waals surface area (Å²) in [5.74, 6) is 0.0608. The van der Waals surface area contributed by atoms with Crippen molar-refractivity contribution in [3.05, 3.63) is 29.8 Å². The number of benzene rings is 1. The first kappa shape index (κ1) is 14.5. The van der Waals surface area contributed by atoms with E-state index in [2.05, 4.69) is 39.8 Å². The maximum Gasteiger partial charge on any atom is 0.224 e. The predicted molar refractivity (Wildman–Crippen MR) is 75.7 cm³/mol. The highest BCUT2D eigenvalue weighted by Crippen LogP contribution is 2.15. The second-order valence-corrected chi connectivity index (χ2v) is 4.59. The van der Waals surface area contributed by atoms with Crippen LogP contribution in [0.3, 0.4) is 0 Å². The molecule has 1 aromatic rings. The van der Waals surface area contributed by atoms with Crippen molar-refractivity contribution in [1.29, 1.82) is 0 Å². The van der Waals surface area contributed by atoms with E-state index in [0.29, 0.717) is 6.54 Å². The fraction of sp³-hybridized carbons (Fsp3) is 0.500. The van der Waals surface area contributed by atoms with Crippen LogP contribution >= 0.6 is 0 Å². The molecule has 0 fully saturated rings. The minimum absolute atomic E-state index is 0.0167. The molecule has 0 heterocycles. The molecule has 0 saturated carbocycles. The monoisotopic (exact) mass is 249 g/mol. The Morgan fingerprint density at radius 3 is 2.39 bits per heavy atom. The molecule has 100 valence electrons. The van der Waals surface area contributed by atoms with Gasteiger partial charge in [-0.25, -0.2) is 0 Å². The van der Waals surface area contributed by atoms with Crippen LogP contribution in [0.5, 0.6) is 0 Å². The van der Waals surface area contributed by atoms with E-state index in [1.54, 1.807) is 7.05 Å². The molecule has 1 rings (SSSR count). The lowest BCUT2D eigenvalue weighted by Crippen LogP contribution is -2.34. The number of nitrogens with zero attached hydrogens (tertiary/aromatic N) is 1. The smallest absolute Gasteiger partial charge is 0.224 e. The molecule has 0 spiro atoms. The van der Waals surface area contributed by atoms with Crippen LogP contribution in [0.25, 0.3) is 0 Å². The van der Waals surface area contributed by atoms with Gasteiger partial charge in [-0.1, -0.05) is 19.1 Å². The standard InChI is InChI=1S/C14H23N3O/c1-11(14(18)16-3)10-17(4)13-7-5-12(6-8-13)9-15-2/h5-8,11,15H,9-10H2,1-4H3,(H,16,18). The van der Waals surface area contributed by atoms with Crippen molar-refractivity contribution in [3.8, 4) is 0 Å². The molecule has 0 bridgehead atoms. The molecule has 2 N–H and O–H groups in total. The summed E-state index contributed by atoms with van der Waals surface area (Å²) >= 11 is 0. The molecule has 1 aromatic carbocycles. The largest absolute Gasteiger partial charge is 0.374 e. The number of rotatable bonds is 6. The third-order valence-corrected chi connectivity index (χ3v) is 3.00. The molecule has 0 aromatic heterocycles. The number of nitrogens with one attached hydrogen (secondary N) is 2. The fourth-order valence-corrected chi connectivity index (χ4v) is 1.92. The lowest BCUT2D eigenvalue weighted by molar-refractivity contribution is -0.123. The first-order valence-electron chi connectivity index (χ1n) is 6.24. The molecule has 1 unspecified atom stereocenters. The summed E-state index contributed by atoms with van der Waals surface area (Å²) < 4.78 is 0. The van der Waals surface area contributed by atoms with Crippen LogP contribution in [0.1, 0.15) is 12.5 Å². The Balaban J connectivity index is 2.61. The molecule has 4 heteroatoms. The Hall–Kier alpha value is -1.55. The zero-order valence-corrected chi connectivity index (χ0v) is 11.7. The van der Waals surface area contributed by atoms with E-state index in [-0.39, 0.29) is 11.8 Å². The minimum atomic E-state index is -0.0167. The number of amides is 1. The van der Waals surface area contributed by atoms with Gasteiger partial charge in [-0.05, 0) is 24.7 Å². The first-order chi connectivity index (χ1) is 8.58. The third-order valence-electron chi connectivity index (χ3n) is 3.00. The molecule has 18 heavy (non-hydrogen) atoms. The summed E-state index contributed by atoms with van der Waals surface area (Å²) in [5, 5.41) is 5.79. The third kappa shape index (κ3) is 4.04. The quantitative estimate of drug-likeness (QED) is 0.797. The van der Waals surface area contributed by atoms with E-state index < -0.39 is 0 Å². The number of hydrogen-bond acceptors (Lipinski definition) is 3. The highest BCUT2D eigenvalue weighted by atomic mass is 16.1. The Bertz CT molecular complexity index is 375. The van der Waals surface area contributed by atoms with Crippen molar-refractivity contribution < 1.29 is 4.79 Å². The van der Waals surface area contributed by atoms with Gasteiger partial charge in [-0.2, -0.15) is 0 Å². The Labute approximate surface area is 109 Å². The topological polar surface area (TPSA) is 44.4 Å². The van der Waals surface area contributed by atoms with Gasteiger partial charge in [0.25, 0.3) is 0 Å². The SMILES string of the molecule is CNCc1ccc(N(C)CC(C)C(=O)NC)cc1. The van der Waals surface area contributed by atoms with Crippen LogP contribution in [0.4, 0.5) is 5.69 Å². The Morgan fingerprint density at radius 1 is 1.28 bits per heavy atom. The molecular formula is C14H23N3O. The lowest BCUT2D eigenvalue weighted by atomic mass is 10.1. The summed E-state index contributed by atoms with van der Waals surface area (Å²) in [6, 6.07) is 8.38. The Kier molecular flexibility index (Phi) is 5.65. The van der Waals surface area contributed by atoms with Crippen molar-refractivity contribution >= 4 is 11.6 Å². The van der Waals surface area contributed by atoms with Crippen LogP contribution in [-0.4, -0.2) is 33.6 Å². The predicted octanol–water partition coefficient (Wildman–Crippen LogP) is 1.22. The van der Waals surface area contributed by atoms with Gasteiger partial charge < -0.3 is 15.5 Å². The van der Waals surface area contributed by atoms with Crippen molar-refractivity contribution in [3.63, 3.8) is 0 Å². The van der Waals surface area contributed by atoms with Crippen LogP contribution in [-0.2, 0) is 11.3 Å². The maximum atomic E-state index is 11.5. The summed E-state index contributed by atoms with van der Waals surface area (Å²) in [4.78, 5) is 13.6. The summed E-state index contributed by atoms with van der Waals surface area (Å²) in [5.41, 5.74) is 2.39. The van der Waals surface area contributed by atoms with Crippen LogP contribution in [0, 0.1) is 5.92 Å². The van der Waals surface area contributed by atoms with Gasteiger partial charge in [0.1, 0.15) is 0 Å². The van der Waals surface area contributed by atoms with Crippen molar-refractivity contribution in [2.75, 3.05) is 32.6 Å². The first-order valence-corrected chi connectivity index (χ1v) is 6.24. The zero-order valence-electron chi connectivity index (χ0n) is 11.7. The summed E-state index contributed by atoms with van der Waals surface area (Å²) in [6.45, 7) is 3.52. The summed E-state index contributed by atoms with van der Waals surface area (Å²) in [6.07, 6.45) is 0. The molecule has 0 saturated heterocycles. The molecule has 0 aliphatic carbocycles. The van der Waals surface area contributed by atoms with E-state index >= 15 is 0 Å². The van der Waals surface area contributed by atoms with E-state index in [4.69, 9.17) is 0 Å². The van der Waals surface area contributed by atoms with Gasteiger partial charge >= 0.3 is 0 Å². The Morgan fingerprint density at radius 2 is 1.89 bits per heavy atom.